The highest BCUT2D eigenvalue weighted by molar-refractivity contribution is 7.20. The number of benzene rings is 2. The lowest BCUT2D eigenvalue weighted by Gasteiger charge is -2.13. The van der Waals surface area contributed by atoms with Crippen LogP contribution in [0, 0.1) is 10.1 Å². The Hall–Kier alpha value is -3.46. The highest BCUT2D eigenvalue weighted by Crippen LogP contribution is 2.29. The normalized spacial score (nSPS) is 11.2. The van der Waals surface area contributed by atoms with Crippen LogP contribution in [0.25, 0.3) is 10.1 Å². The average molecular weight is 413 g/mol. The van der Waals surface area contributed by atoms with Gasteiger partial charge in [0, 0.05) is 22.2 Å². The summed E-state index contributed by atoms with van der Waals surface area (Å²) in [6.07, 6.45) is 1.52. The van der Waals surface area contributed by atoms with Gasteiger partial charge in [-0.15, -0.1) is 11.3 Å². The van der Waals surface area contributed by atoms with Crippen molar-refractivity contribution in [1.82, 2.24) is 5.43 Å². The monoisotopic (exact) mass is 413 g/mol. The lowest BCUT2D eigenvalue weighted by Crippen LogP contribution is -2.16. The molecule has 0 aliphatic carbocycles. The maximum atomic E-state index is 12.3. The smallest absolute Gasteiger partial charge is 0.281 e. The largest absolute Gasteiger partial charge is 0.493 e. The predicted molar refractivity (Wildman–Crippen MR) is 112 cm³/mol. The Balaban J connectivity index is 1.70. The van der Waals surface area contributed by atoms with E-state index in [1.165, 1.54) is 29.7 Å². The van der Waals surface area contributed by atoms with Gasteiger partial charge in [0.2, 0.25) is 0 Å². The molecule has 0 saturated carbocycles. The van der Waals surface area contributed by atoms with Crippen LogP contribution in [0.15, 0.2) is 47.6 Å². The summed E-state index contributed by atoms with van der Waals surface area (Å²) < 4.78 is 11.8. The molecule has 0 saturated heterocycles. The van der Waals surface area contributed by atoms with Gasteiger partial charge in [-0.2, -0.15) is 5.10 Å². The fourth-order valence-corrected chi connectivity index (χ4v) is 3.53. The molecule has 1 amide bonds. The Labute approximate surface area is 170 Å². The molecule has 3 aromatic rings. The molecule has 1 aromatic heterocycles. The first-order valence-corrected chi connectivity index (χ1v) is 9.55. The zero-order valence-corrected chi connectivity index (χ0v) is 16.9. The number of methoxy groups -OCH3 is 1. The van der Waals surface area contributed by atoms with Crippen molar-refractivity contribution in [2.45, 2.75) is 20.0 Å². The third-order valence-electron chi connectivity index (χ3n) is 3.86. The highest BCUT2D eigenvalue weighted by atomic mass is 32.1. The number of non-ortho nitro benzene ring substituents is 1. The predicted octanol–water partition coefficient (Wildman–Crippen LogP) is 4.37. The van der Waals surface area contributed by atoms with E-state index in [9.17, 15) is 14.9 Å². The summed E-state index contributed by atoms with van der Waals surface area (Å²) in [4.78, 5) is 23.2. The Bertz CT molecular complexity index is 1090. The summed E-state index contributed by atoms with van der Waals surface area (Å²) in [7, 11) is 1.55. The number of amides is 1. The van der Waals surface area contributed by atoms with Gasteiger partial charge in [-0.05, 0) is 49.7 Å². The van der Waals surface area contributed by atoms with Crippen LogP contribution >= 0.6 is 11.3 Å². The first-order chi connectivity index (χ1) is 13.9. The molecule has 3 rings (SSSR count). The number of nitro groups is 1. The van der Waals surface area contributed by atoms with Gasteiger partial charge >= 0.3 is 0 Å². The van der Waals surface area contributed by atoms with Gasteiger partial charge in [0.15, 0.2) is 11.5 Å². The van der Waals surface area contributed by atoms with Gasteiger partial charge in [0.1, 0.15) is 0 Å². The Morgan fingerprint density at radius 2 is 2.00 bits per heavy atom. The molecule has 0 aliphatic heterocycles. The molecule has 2 aromatic carbocycles. The summed E-state index contributed by atoms with van der Waals surface area (Å²) >= 11 is 1.24. The van der Waals surface area contributed by atoms with Gasteiger partial charge in [-0.25, -0.2) is 5.43 Å². The van der Waals surface area contributed by atoms with Crippen molar-refractivity contribution < 1.29 is 19.2 Å². The minimum atomic E-state index is -0.465. The number of nitrogens with zero attached hydrogens (tertiary/aromatic N) is 2. The third kappa shape index (κ3) is 4.88. The molecule has 29 heavy (non-hydrogen) atoms. The molecule has 1 N–H and O–H groups in total. The van der Waals surface area contributed by atoms with Crippen molar-refractivity contribution >= 4 is 39.2 Å². The SMILES string of the molecule is COc1cc(/C=N\NC(=O)c2cc3cc([N+](=O)[O-])ccc3s2)ccc1OC(C)C. The number of nitrogens with one attached hydrogen (secondary N) is 1. The average Bonchev–Trinajstić information content (AvgIpc) is 3.12. The van der Waals surface area contributed by atoms with Crippen LogP contribution in [0.4, 0.5) is 5.69 Å². The lowest BCUT2D eigenvalue weighted by atomic mass is 10.2. The lowest BCUT2D eigenvalue weighted by molar-refractivity contribution is -0.384. The van der Waals surface area contributed by atoms with Crippen LogP contribution in [0.3, 0.4) is 0 Å². The Morgan fingerprint density at radius 3 is 2.69 bits per heavy atom. The molecule has 0 aliphatic rings. The Morgan fingerprint density at radius 1 is 1.21 bits per heavy atom. The molecule has 150 valence electrons. The zero-order chi connectivity index (χ0) is 21.0. The first-order valence-electron chi connectivity index (χ1n) is 8.73. The van der Waals surface area contributed by atoms with Crippen LogP contribution in [-0.2, 0) is 0 Å². The third-order valence-corrected chi connectivity index (χ3v) is 4.98. The van der Waals surface area contributed by atoms with Crippen molar-refractivity contribution in [1.29, 1.82) is 0 Å². The molecular weight excluding hydrogens is 394 g/mol. The van der Waals surface area contributed by atoms with Gasteiger partial charge in [-0.3, -0.25) is 14.9 Å². The Kier molecular flexibility index (Phi) is 6.08. The maximum absolute atomic E-state index is 12.3. The second kappa shape index (κ2) is 8.70. The van der Waals surface area contributed by atoms with E-state index in [2.05, 4.69) is 10.5 Å². The molecule has 8 nitrogen and oxygen atoms in total. The number of rotatable bonds is 7. The van der Waals surface area contributed by atoms with Gasteiger partial charge in [0.05, 0.1) is 29.2 Å². The zero-order valence-electron chi connectivity index (χ0n) is 16.0. The first kappa shape index (κ1) is 20.3. The van der Waals surface area contributed by atoms with E-state index in [-0.39, 0.29) is 11.8 Å². The van der Waals surface area contributed by atoms with Crippen LogP contribution in [-0.4, -0.2) is 30.3 Å². The van der Waals surface area contributed by atoms with E-state index in [1.807, 2.05) is 13.8 Å². The van der Waals surface area contributed by atoms with E-state index in [1.54, 1.807) is 37.4 Å². The number of thiophene rings is 1. The van der Waals surface area contributed by atoms with E-state index in [4.69, 9.17) is 9.47 Å². The number of hydrogen-bond acceptors (Lipinski definition) is 7. The summed E-state index contributed by atoms with van der Waals surface area (Å²) in [5, 5.41) is 15.5. The van der Waals surface area contributed by atoms with E-state index < -0.39 is 10.8 Å². The van der Waals surface area contributed by atoms with Crippen LogP contribution in [0.2, 0.25) is 0 Å². The topological polar surface area (TPSA) is 103 Å². The number of nitro benzene ring substituents is 1. The summed E-state index contributed by atoms with van der Waals surface area (Å²) in [5.74, 6) is 0.806. The molecular formula is C20H19N3O5S. The number of hydrazone groups is 1. The summed E-state index contributed by atoms with van der Waals surface area (Å²) in [5.41, 5.74) is 3.18. The molecule has 0 spiro atoms. The van der Waals surface area contributed by atoms with E-state index in [0.717, 1.165) is 10.3 Å². The molecule has 0 unspecified atom stereocenters. The maximum Gasteiger partial charge on any atom is 0.281 e. The minimum Gasteiger partial charge on any atom is -0.493 e. The summed E-state index contributed by atoms with van der Waals surface area (Å²) in [6, 6.07) is 11.4. The van der Waals surface area contributed by atoms with Crippen LogP contribution in [0.5, 0.6) is 11.5 Å². The highest BCUT2D eigenvalue weighted by Gasteiger charge is 2.13. The fraction of sp³-hybridized carbons (Fsp3) is 0.200. The minimum absolute atomic E-state index is 0.0147. The quantitative estimate of drug-likeness (QED) is 0.352. The molecule has 0 atom stereocenters. The number of carbonyl (C=O) groups excluding carboxylic acids is 1. The molecule has 0 radical (unpaired) electrons. The van der Waals surface area contributed by atoms with E-state index >= 15 is 0 Å². The molecule has 1 heterocycles. The van der Waals surface area contributed by atoms with Crippen molar-refractivity contribution in [3.05, 3.63) is 63.0 Å². The van der Waals surface area contributed by atoms with Crippen molar-refractivity contribution in [3.8, 4) is 11.5 Å². The van der Waals surface area contributed by atoms with Crippen molar-refractivity contribution in [3.63, 3.8) is 0 Å². The van der Waals surface area contributed by atoms with Crippen molar-refractivity contribution in [2.24, 2.45) is 5.10 Å². The number of fused-ring (bicyclic) bond motifs is 1. The second-order valence-corrected chi connectivity index (χ2v) is 7.45. The summed E-state index contributed by atoms with van der Waals surface area (Å²) in [6.45, 7) is 3.85. The van der Waals surface area contributed by atoms with Gasteiger partial charge in [0.25, 0.3) is 11.6 Å². The van der Waals surface area contributed by atoms with Crippen LogP contribution < -0.4 is 14.9 Å². The number of ether oxygens (including phenoxy) is 2. The molecule has 0 fully saturated rings. The van der Waals surface area contributed by atoms with Crippen LogP contribution in [0.1, 0.15) is 29.1 Å². The van der Waals surface area contributed by atoms with E-state index in [0.29, 0.717) is 21.8 Å². The molecule has 0 bridgehead atoms. The number of carbonyl (C=O) groups is 1. The standard InChI is InChI=1S/C20H19N3O5S/c1-12(2)28-16-6-4-13(8-17(16)27-3)11-21-22-20(24)19-10-14-9-15(23(25)26)5-7-18(14)29-19/h4-12H,1-3H3,(H,22,24)/b21-11-. The van der Waals surface area contributed by atoms with Gasteiger partial charge in [-0.1, -0.05) is 0 Å². The number of hydrogen-bond donors (Lipinski definition) is 1. The van der Waals surface area contributed by atoms with Crippen molar-refractivity contribution in [2.75, 3.05) is 7.11 Å². The second-order valence-electron chi connectivity index (χ2n) is 6.37. The molecule has 9 heteroatoms. The van der Waals surface area contributed by atoms with Gasteiger partial charge < -0.3 is 9.47 Å². The fourth-order valence-electron chi connectivity index (χ4n) is 2.59.